The maximum absolute atomic E-state index is 6.37. The second kappa shape index (κ2) is 6.46. The summed E-state index contributed by atoms with van der Waals surface area (Å²) < 4.78 is 4.19. The zero-order chi connectivity index (χ0) is 14.7. The SMILES string of the molecule is CCC(N)Cc1cccn1Cc1c(Cl)c(C)nn1CC. The van der Waals surface area contributed by atoms with Gasteiger partial charge in [-0.1, -0.05) is 18.5 Å². The summed E-state index contributed by atoms with van der Waals surface area (Å²) in [6.45, 7) is 7.71. The van der Waals surface area contributed by atoms with E-state index in [1.807, 2.05) is 11.6 Å². The summed E-state index contributed by atoms with van der Waals surface area (Å²) in [6.07, 6.45) is 3.95. The Morgan fingerprint density at radius 2 is 2.15 bits per heavy atom. The van der Waals surface area contributed by atoms with Crippen molar-refractivity contribution in [2.24, 2.45) is 5.73 Å². The van der Waals surface area contributed by atoms with Gasteiger partial charge in [0, 0.05) is 30.9 Å². The molecule has 20 heavy (non-hydrogen) atoms. The second-order valence-corrected chi connectivity index (χ2v) is 5.54. The zero-order valence-corrected chi connectivity index (χ0v) is 13.2. The lowest BCUT2D eigenvalue weighted by Gasteiger charge is -2.14. The Bertz CT molecular complexity index is 570. The lowest BCUT2D eigenvalue weighted by Crippen LogP contribution is -2.23. The molecule has 0 aliphatic carbocycles. The molecule has 0 fully saturated rings. The molecule has 0 bridgehead atoms. The molecule has 2 aromatic rings. The molecule has 0 saturated carbocycles. The number of aromatic nitrogens is 3. The monoisotopic (exact) mass is 294 g/mol. The lowest BCUT2D eigenvalue weighted by molar-refractivity contribution is 0.574. The van der Waals surface area contributed by atoms with Crippen LogP contribution < -0.4 is 5.73 Å². The van der Waals surface area contributed by atoms with Crippen molar-refractivity contribution in [2.75, 3.05) is 0 Å². The van der Waals surface area contributed by atoms with Crippen molar-refractivity contribution < 1.29 is 0 Å². The van der Waals surface area contributed by atoms with Crippen molar-refractivity contribution in [3.63, 3.8) is 0 Å². The first-order chi connectivity index (χ1) is 9.56. The minimum absolute atomic E-state index is 0.206. The predicted octanol–water partition coefficient (Wildman–Crippen LogP) is 2.99. The summed E-state index contributed by atoms with van der Waals surface area (Å²) in [7, 11) is 0. The van der Waals surface area contributed by atoms with E-state index in [0.29, 0.717) is 0 Å². The van der Waals surface area contributed by atoms with Crippen LogP contribution in [-0.4, -0.2) is 20.4 Å². The number of hydrogen-bond donors (Lipinski definition) is 1. The fraction of sp³-hybridized carbons (Fsp3) is 0.533. The highest BCUT2D eigenvalue weighted by atomic mass is 35.5. The van der Waals surface area contributed by atoms with Gasteiger partial charge in [0.15, 0.2) is 0 Å². The van der Waals surface area contributed by atoms with Crippen LogP contribution >= 0.6 is 11.6 Å². The van der Waals surface area contributed by atoms with Crippen LogP contribution in [0.2, 0.25) is 5.02 Å². The molecule has 110 valence electrons. The molecule has 0 aliphatic heterocycles. The highest BCUT2D eigenvalue weighted by molar-refractivity contribution is 6.31. The first-order valence-electron chi connectivity index (χ1n) is 7.18. The normalized spacial score (nSPS) is 12.8. The van der Waals surface area contributed by atoms with Gasteiger partial charge >= 0.3 is 0 Å². The van der Waals surface area contributed by atoms with Crippen LogP contribution in [0.5, 0.6) is 0 Å². The van der Waals surface area contributed by atoms with Crippen molar-refractivity contribution in [2.45, 2.75) is 52.7 Å². The number of rotatable bonds is 6. The third-order valence-electron chi connectivity index (χ3n) is 3.69. The van der Waals surface area contributed by atoms with E-state index in [9.17, 15) is 0 Å². The van der Waals surface area contributed by atoms with Crippen LogP contribution in [0.1, 0.15) is 37.4 Å². The summed E-state index contributed by atoms with van der Waals surface area (Å²) >= 11 is 6.37. The molecule has 0 amide bonds. The molecule has 0 radical (unpaired) electrons. The molecule has 2 aromatic heterocycles. The van der Waals surface area contributed by atoms with Crippen molar-refractivity contribution in [1.82, 2.24) is 14.3 Å². The Kier molecular flexibility index (Phi) is 4.89. The Morgan fingerprint density at radius 1 is 1.40 bits per heavy atom. The Labute approximate surface area is 125 Å². The predicted molar refractivity (Wildman–Crippen MR) is 83.2 cm³/mol. The van der Waals surface area contributed by atoms with Crippen LogP contribution in [0.3, 0.4) is 0 Å². The topological polar surface area (TPSA) is 48.8 Å². The summed E-state index contributed by atoms with van der Waals surface area (Å²) in [4.78, 5) is 0. The summed E-state index contributed by atoms with van der Waals surface area (Å²) in [6, 6.07) is 4.39. The minimum atomic E-state index is 0.206. The number of nitrogens with zero attached hydrogens (tertiary/aromatic N) is 3. The van der Waals surface area contributed by atoms with Crippen LogP contribution in [0.25, 0.3) is 0 Å². The highest BCUT2D eigenvalue weighted by Crippen LogP contribution is 2.22. The Balaban J connectivity index is 2.25. The van der Waals surface area contributed by atoms with E-state index < -0.39 is 0 Å². The van der Waals surface area contributed by atoms with E-state index in [4.69, 9.17) is 17.3 Å². The van der Waals surface area contributed by atoms with Crippen LogP contribution in [0, 0.1) is 6.92 Å². The van der Waals surface area contributed by atoms with Gasteiger partial charge in [-0.05, 0) is 32.4 Å². The number of aryl methyl sites for hydroxylation is 2. The number of halogens is 1. The molecule has 1 unspecified atom stereocenters. The summed E-state index contributed by atoms with van der Waals surface area (Å²) in [5.74, 6) is 0. The molecule has 2 rings (SSSR count). The molecule has 0 aromatic carbocycles. The molecule has 0 aliphatic rings. The maximum atomic E-state index is 6.37. The van der Waals surface area contributed by atoms with Crippen molar-refractivity contribution >= 4 is 11.6 Å². The first-order valence-corrected chi connectivity index (χ1v) is 7.55. The fourth-order valence-corrected chi connectivity index (χ4v) is 2.58. The average Bonchev–Trinajstić information content (AvgIpc) is 2.98. The summed E-state index contributed by atoms with van der Waals surface area (Å²) in [5.41, 5.74) is 9.26. The van der Waals surface area contributed by atoms with Gasteiger partial charge in [-0.15, -0.1) is 0 Å². The standard InChI is InChI=1S/C15H23ClN4/c1-4-12(17)9-13-7-6-8-19(13)10-14-15(16)11(3)18-20(14)5-2/h6-8,12H,4-5,9-10,17H2,1-3H3. The van der Waals surface area contributed by atoms with Gasteiger partial charge in [0.2, 0.25) is 0 Å². The Morgan fingerprint density at radius 3 is 2.80 bits per heavy atom. The smallest absolute Gasteiger partial charge is 0.0865 e. The van der Waals surface area contributed by atoms with Crippen LogP contribution in [0.4, 0.5) is 0 Å². The average molecular weight is 295 g/mol. The Hall–Kier alpha value is -1.26. The van der Waals surface area contributed by atoms with Gasteiger partial charge in [0.25, 0.3) is 0 Å². The molecular formula is C15H23ClN4. The minimum Gasteiger partial charge on any atom is -0.345 e. The molecule has 2 N–H and O–H groups in total. The number of hydrogen-bond acceptors (Lipinski definition) is 2. The number of nitrogens with two attached hydrogens (primary N) is 1. The molecular weight excluding hydrogens is 272 g/mol. The maximum Gasteiger partial charge on any atom is 0.0865 e. The van der Waals surface area contributed by atoms with Crippen LogP contribution in [0.15, 0.2) is 18.3 Å². The lowest BCUT2D eigenvalue weighted by atomic mass is 10.1. The fourth-order valence-electron chi connectivity index (χ4n) is 2.38. The summed E-state index contributed by atoms with van der Waals surface area (Å²) in [5, 5.41) is 5.23. The van der Waals surface area contributed by atoms with Gasteiger partial charge in [0.05, 0.1) is 23.0 Å². The van der Waals surface area contributed by atoms with Gasteiger partial charge in [-0.2, -0.15) is 5.10 Å². The van der Waals surface area contributed by atoms with E-state index in [1.165, 1.54) is 5.69 Å². The van der Waals surface area contributed by atoms with E-state index in [0.717, 1.165) is 42.3 Å². The van der Waals surface area contributed by atoms with E-state index in [-0.39, 0.29) is 6.04 Å². The third kappa shape index (κ3) is 3.07. The van der Waals surface area contributed by atoms with Crippen molar-refractivity contribution in [3.05, 3.63) is 40.4 Å². The van der Waals surface area contributed by atoms with E-state index >= 15 is 0 Å². The first kappa shape index (κ1) is 15.1. The molecule has 0 saturated heterocycles. The molecule has 0 spiro atoms. The van der Waals surface area contributed by atoms with Crippen LogP contribution in [-0.2, 0) is 19.5 Å². The molecule has 2 heterocycles. The van der Waals surface area contributed by atoms with Gasteiger partial charge in [0.1, 0.15) is 0 Å². The van der Waals surface area contributed by atoms with E-state index in [1.54, 1.807) is 0 Å². The quantitative estimate of drug-likeness (QED) is 0.890. The van der Waals surface area contributed by atoms with E-state index in [2.05, 4.69) is 41.8 Å². The second-order valence-electron chi connectivity index (χ2n) is 5.16. The molecule has 5 heteroatoms. The largest absolute Gasteiger partial charge is 0.345 e. The molecule has 4 nitrogen and oxygen atoms in total. The van der Waals surface area contributed by atoms with Gasteiger partial charge < -0.3 is 10.3 Å². The molecule has 1 atom stereocenters. The van der Waals surface area contributed by atoms with Gasteiger partial charge in [-0.25, -0.2) is 0 Å². The highest BCUT2D eigenvalue weighted by Gasteiger charge is 2.14. The zero-order valence-electron chi connectivity index (χ0n) is 12.4. The third-order valence-corrected chi connectivity index (χ3v) is 4.18. The van der Waals surface area contributed by atoms with Crippen molar-refractivity contribution in [3.8, 4) is 0 Å². The van der Waals surface area contributed by atoms with Crippen molar-refractivity contribution in [1.29, 1.82) is 0 Å². The van der Waals surface area contributed by atoms with Gasteiger partial charge in [-0.3, -0.25) is 4.68 Å².